The quantitative estimate of drug-likeness (QED) is 0.641. The summed E-state index contributed by atoms with van der Waals surface area (Å²) in [7, 11) is 0. The minimum Gasteiger partial charge on any atom is -0.481 e. The van der Waals surface area contributed by atoms with Crippen LogP contribution in [-0.2, 0) is 16.1 Å². The third kappa shape index (κ3) is 5.75. The Balaban J connectivity index is 1.62. The van der Waals surface area contributed by atoms with Gasteiger partial charge in [0.1, 0.15) is 11.7 Å². The molecule has 150 valence electrons. The second-order valence-corrected chi connectivity index (χ2v) is 8.27. The van der Waals surface area contributed by atoms with Crippen LogP contribution in [0, 0.1) is 5.82 Å². The normalized spacial score (nSPS) is 17.2. The van der Waals surface area contributed by atoms with Crippen molar-refractivity contribution in [2.45, 2.75) is 61.1 Å². The summed E-state index contributed by atoms with van der Waals surface area (Å²) >= 11 is 1.80. The third-order valence-electron chi connectivity index (χ3n) is 4.77. The van der Waals surface area contributed by atoms with Crippen LogP contribution in [0.3, 0.4) is 0 Å². The van der Waals surface area contributed by atoms with Gasteiger partial charge in [-0.3, -0.25) is 9.78 Å². The molecule has 2 unspecified atom stereocenters. The van der Waals surface area contributed by atoms with Crippen molar-refractivity contribution in [2.75, 3.05) is 0 Å². The van der Waals surface area contributed by atoms with Crippen LogP contribution in [0.5, 0.6) is 0 Å². The smallest absolute Gasteiger partial charge is 0.316 e. The summed E-state index contributed by atoms with van der Waals surface area (Å²) in [6.07, 6.45) is 5.71. The van der Waals surface area contributed by atoms with Crippen molar-refractivity contribution in [2.24, 2.45) is 0 Å². The van der Waals surface area contributed by atoms with E-state index < -0.39 is 24.1 Å². The number of hydrogen-bond acceptors (Lipinski definition) is 4. The van der Waals surface area contributed by atoms with Crippen molar-refractivity contribution in [3.63, 3.8) is 0 Å². The number of carboxylic acids is 1. The van der Waals surface area contributed by atoms with Gasteiger partial charge in [0, 0.05) is 16.3 Å². The molecule has 1 aromatic heterocycles. The molecule has 3 rings (SSSR count). The van der Waals surface area contributed by atoms with E-state index in [1.165, 1.54) is 50.3 Å². The lowest BCUT2D eigenvalue weighted by molar-refractivity contribution is -0.149. The predicted octanol–water partition coefficient (Wildman–Crippen LogP) is 5.33. The zero-order valence-corrected chi connectivity index (χ0v) is 16.2. The maximum absolute atomic E-state index is 14.5. The van der Waals surface area contributed by atoms with E-state index in [4.69, 9.17) is 4.74 Å². The molecule has 7 heteroatoms. The Kier molecular flexibility index (Phi) is 7.39. The zero-order chi connectivity index (χ0) is 19.9. The average molecular weight is 407 g/mol. The van der Waals surface area contributed by atoms with Crippen LogP contribution >= 0.6 is 11.8 Å². The molecule has 0 amide bonds. The highest BCUT2D eigenvalue weighted by Gasteiger charge is 2.31. The maximum atomic E-state index is 14.5. The minimum absolute atomic E-state index is 0.0227. The Bertz CT molecular complexity index is 799. The number of aromatic nitrogens is 1. The molecule has 0 aliphatic heterocycles. The van der Waals surface area contributed by atoms with Gasteiger partial charge in [-0.25, -0.2) is 8.78 Å². The van der Waals surface area contributed by atoms with Gasteiger partial charge in [-0.05, 0) is 42.7 Å². The SMILES string of the molecule is O=C(O)C(c1cccc(F)c1)C(F)OCc1cc(SC2CCCCC2)ccn1. The zero-order valence-electron chi connectivity index (χ0n) is 15.4. The number of hydrogen-bond donors (Lipinski definition) is 1. The molecule has 2 aromatic rings. The highest BCUT2D eigenvalue weighted by molar-refractivity contribution is 8.00. The number of aliphatic carboxylic acids is 1. The van der Waals surface area contributed by atoms with E-state index in [0.717, 1.165) is 11.0 Å². The first-order valence-electron chi connectivity index (χ1n) is 9.38. The largest absolute Gasteiger partial charge is 0.481 e. The second-order valence-electron chi connectivity index (χ2n) is 6.89. The second kappa shape index (κ2) is 9.98. The van der Waals surface area contributed by atoms with Crippen LogP contribution in [0.25, 0.3) is 0 Å². The number of thioether (sulfide) groups is 1. The van der Waals surface area contributed by atoms with Crippen molar-refractivity contribution < 1.29 is 23.4 Å². The number of rotatable bonds is 8. The first kappa shape index (κ1) is 20.7. The number of benzene rings is 1. The standard InChI is InChI=1S/C21H23F2NO3S/c22-15-6-4-5-14(11-15)19(21(25)26)20(23)27-13-16-12-18(9-10-24-16)28-17-7-2-1-3-8-17/h4-6,9-12,17,19-20H,1-3,7-8,13H2,(H,25,26). The molecule has 1 saturated carbocycles. The molecule has 1 fully saturated rings. The van der Waals surface area contributed by atoms with Gasteiger partial charge in [-0.15, -0.1) is 11.8 Å². The molecule has 0 bridgehead atoms. The summed E-state index contributed by atoms with van der Waals surface area (Å²) in [6.45, 7) is -0.153. The van der Waals surface area contributed by atoms with E-state index in [1.807, 2.05) is 12.1 Å². The van der Waals surface area contributed by atoms with Gasteiger partial charge in [-0.1, -0.05) is 31.4 Å². The lowest BCUT2D eigenvalue weighted by atomic mass is 9.99. The minimum atomic E-state index is -2.12. The number of carbonyl (C=O) groups is 1. The fourth-order valence-electron chi connectivity index (χ4n) is 3.35. The summed E-state index contributed by atoms with van der Waals surface area (Å²) in [6, 6.07) is 8.68. The number of carboxylic acid groups (broad SMARTS) is 1. The van der Waals surface area contributed by atoms with Gasteiger partial charge in [0.2, 0.25) is 6.36 Å². The topological polar surface area (TPSA) is 59.4 Å². The number of pyridine rings is 1. The molecule has 2 atom stereocenters. The van der Waals surface area contributed by atoms with Gasteiger partial charge >= 0.3 is 5.97 Å². The number of alkyl halides is 1. The Labute approximate surface area is 167 Å². The van der Waals surface area contributed by atoms with Crippen molar-refractivity contribution >= 4 is 17.7 Å². The van der Waals surface area contributed by atoms with E-state index in [-0.39, 0.29) is 12.2 Å². The fraction of sp³-hybridized carbons (Fsp3) is 0.429. The van der Waals surface area contributed by atoms with Crippen LogP contribution in [0.2, 0.25) is 0 Å². The molecule has 0 radical (unpaired) electrons. The van der Waals surface area contributed by atoms with Crippen LogP contribution in [0.15, 0.2) is 47.5 Å². The van der Waals surface area contributed by atoms with Crippen molar-refractivity contribution in [1.82, 2.24) is 4.98 Å². The van der Waals surface area contributed by atoms with Crippen LogP contribution < -0.4 is 0 Å². The van der Waals surface area contributed by atoms with Crippen molar-refractivity contribution in [1.29, 1.82) is 0 Å². The molecule has 1 heterocycles. The monoisotopic (exact) mass is 407 g/mol. The summed E-state index contributed by atoms with van der Waals surface area (Å²) in [4.78, 5) is 16.7. The summed E-state index contributed by atoms with van der Waals surface area (Å²) in [5.74, 6) is -3.63. The average Bonchev–Trinajstić information content (AvgIpc) is 2.67. The third-order valence-corrected chi connectivity index (χ3v) is 6.10. The Morgan fingerprint density at radius 3 is 2.75 bits per heavy atom. The molecule has 1 N–H and O–H groups in total. The number of halogens is 2. The number of ether oxygens (including phenoxy) is 1. The van der Waals surface area contributed by atoms with Gasteiger partial charge in [0.15, 0.2) is 0 Å². The van der Waals surface area contributed by atoms with Gasteiger partial charge in [-0.2, -0.15) is 0 Å². The van der Waals surface area contributed by atoms with Crippen LogP contribution in [-0.4, -0.2) is 27.7 Å². The van der Waals surface area contributed by atoms with Crippen molar-refractivity contribution in [3.8, 4) is 0 Å². The first-order chi connectivity index (χ1) is 13.5. The lowest BCUT2D eigenvalue weighted by Gasteiger charge is -2.21. The molecule has 28 heavy (non-hydrogen) atoms. The Hall–Kier alpha value is -1.99. The van der Waals surface area contributed by atoms with Gasteiger partial charge in [0.05, 0.1) is 12.3 Å². The first-order valence-corrected chi connectivity index (χ1v) is 10.3. The van der Waals surface area contributed by atoms with Gasteiger partial charge < -0.3 is 9.84 Å². The van der Waals surface area contributed by atoms with E-state index in [0.29, 0.717) is 10.9 Å². The lowest BCUT2D eigenvalue weighted by Crippen LogP contribution is -2.25. The van der Waals surface area contributed by atoms with E-state index in [9.17, 15) is 18.7 Å². The van der Waals surface area contributed by atoms with Gasteiger partial charge in [0.25, 0.3) is 0 Å². The molecule has 4 nitrogen and oxygen atoms in total. The Morgan fingerprint density at radius 2 is 2.04 bits per heavy atom. The van der Waals surface area contributed by atoms with E-state index in [2.05, 4.69) is 4.98 Å². The summed E-state index contributed by atoms with van der Waals surface area (Å²) in [5.41, 5.74) is 0.557. The van der Waals surface area contributed by atoms with E-state index in [1.54, 1.807) is 18.0 Å². The molecule has 1 aliphatic carbocycles. The van der Waals surface area contributed by atoms with Crippen molar-refractivity contribution in [3.05, 3.63) is 59.7 Å². The van der Waals surface area contributed by atoms with Crippen LogP contribution in [0.4, 0.5) is 8.78 Å². The highest BCUT2D eigenvalue weighted by Crippen LogP contribution is 2.33. The number of nitrogens with zero attached hydrogens (tertiary/aromatic N) is 1. The van der Waals surface area contributed by atoms with E-state index >= 15 is 0 Å². The molecular formula is C21H23F2NO3S. The Morgan fingerprint density at radius 1 is 1.25 bits per heavy atom. The molecule has 1 aliphatic rings. The molecular weight excluding hydrogens is 384 g/mol. The molecule has 1 aromatic carbocycles. The molecule has 0 spiro atoms. The fourth-order valence-corrected chi connectivity index (χ4v) is 4.65. The molecule has 0 saturated heterocycles. The highest BCUT2D eigenvalue weighted by atomic mass is 32.2. The maximum Gasteiger partial charge on any atom is 0.316 e. The summed E-state index contributed by atoms with van der Waals surface area (Å²) in [5, 5.41) is 9.94. The summed E-state index contributed by atoms with van der Waals surface area (Å²) < 4.78 is 33.1. The predicted molar refractivity (Wildman–Crippen MR) is 103 cm³/mol. The van der Waals surface area contributed by atoms with Crippen LogP contribution in [0.1, 0.15) is 49.3 Å².